The van der Waals surface area contributed by atoms with E-state index >= 15 is 0 Å². The molecule has 0 aromatic heterocycles. The molecule has 2 aromatic carbocycles. The zero-order valence-electron chi connectivity index (χ0n) is 9.25. The number of hydrogen-bond acceptors (Lipinski definition) is 4. The Morgan fingerprint density at radius 3 is 1.44 bits per heavy atom. The van der Waals surface area contributed by atoms with Gasteiger partial charge in [-0.05, 0) is 12.1 Å². The van der Waals surface area contributed by atoms with Crippen molar-refractivity contribution in [2.24, 2.45) is 0 Å². The number of fused-ring (bicyclic) bond motifs is 2. The van der Waals surface area contributed by atoms with E-state index in [2.05, 4.69) is 48.5 Å². The Bertz CT molecular complexity index is 603. The van der Waals surface area contributed by atoms with Gasteiger partial charge in [0.25, 0.3) is 0 Å². The van der Waals surface area contributed by atoms with Gasteiger partial charge in [0.15, 0.2) is 0 Å². The minimum absolute atomic E-state index is 1.39. The zero-order chi connectivity index (χ0) is 11.9. The lowest BCUT2D eigenvalue weighted by Gasteiger charge is -2.03. The highest BCUT2D eigenvalue weighted by Gasteiger charge is 2.27. The van der Waals surface area contributed by atoms with Crippen LogP contribution in [0.15, 0.2) is 58.3 Å². The van der Waals surface area contributed by atoms with Crippen molar-refractivity contribution < 1.29 is 0 Å². The fourth-order valence-electron chi connectivity index (χ4n) is 2.04. The predicted octanol–water partition coefficient (Wildman–Crippen LogP) is 6.02. The van der Waals surface area contributed by atoms with E-state index in [-0.39, 0.29) is 0 Å². The van der Waals surface area contributed by atoms with Crippen molar-refractivity contribution in [1.82, 2.24) is 0 Å². The molecule has 0 N–H and O–H groups in total. The molecule has 2 aliphatic heterocycles. The van der Waals surface area contributed by atoms with Gasteiger partial charge in [-0.2, -0.15) is 0 Å². The Hall–Kier alpha value is -0.420. The second-order valence-electron chi connectivity index (χ2n) is 3.98. The van der Waals surface area contributed by atoms with Crippen molar-refractivity contribution in [3.63, 3.8) is 0 Å². The van der Waals surface area contributed by atoms with E-state index in [1.54, 1.807) is 0 Å². The second kappa shape index (κ2) is 4.60. The molecule has 0 atom stereocenters. The van der Waals surface area contributed by atoms with Crippen LogP contribution in [0, 0.1) is 0 Å². The first-order valence-electron chi connectivity index (χ1n) is 5.55. The van der Waals surface area contributed by atoms with Crippen LogP contribution >= 0.6 is 43.2 Å². The molecule has 0 nitrogen and oxygen atoms in total. The van der Waals surface area contributed by atoms with Gasteiger partial charge in [-0.25, -0.2) is 0 Å². The first kappa shape index (κ1) is 11.4. The van der Waals surface area contributed by atoms with Crippen LogP contribution in [0.3, 0.4) is 0 Å². The smallest absolute Gasteiger partial charge is 0.0421 e. The van der Waals surface area contributed by atoms with E-state index in [0.29, 0.717) is 0 Å². The van der Waals surface area contributed by atoms with Gasteiger partial charge in [0.05, 0.1) is 0 Å². The molecule has 2 heterocycles. The summed E-state index contributed by atoms with van der Waals surface area (Å²) in [6.07, 6.45) is 0. The zero-order valence-corrected chi connectivity index (χ0v) is 12.5. The molecule has 2 aliphatic rings. The SMILES string of the molecule is c1ccc2c(c1)SSC2=C1SSc2ccccc21. The molecule has 0 aliphatic carbocycles. The third kappa shape index (κ3) is 1.74. The third-order valence-corrected chi connectivity index (χ3v) is 8.02. The Morgan fingerprint density at radius 1 is 0.500 bits per heavy atom. The van der Waals surface area contributed by atoms with Gasteiger partial charge >= 0.3 is 0 Å². The van der Waals surface area contributed by atoms with Crippen LogP contribution in [-0.4, -0.2) is 0 Å². The van der Waals surface area contributed by atoms with Crippen LogP contribution in [0.1, 0.15) is 11.1 Å². The first-order valence-corrected chi connectivity index (χ1v) is 9.85. The van der Waals surface area contributed by atoms with Crippen LogP contribution in [0.4, 0.5) is 0 Å². The lowest BCUT2D eigenvalue weighted by molar-refractivity contribution is 1.42. The maximum Gasteiger partial charge on any atom is 0.0421 e. The van der Waals surface area contributed by atoms with Gasteiger partial charge in [0, 0.05) is 30.7 Å². The molecule has 18 heavy (non-hydrogen) atoms. The summed E-state index contributed by atoms with van der Waals surface area (Å²) in [5, 5.41) is 0. The van der Waals surface area contributed by atoms with E-state index in [9.17, 15) is 0 Å². The first-order chi connectivity index (χ1) is 8.93. The average molecular weight is 304 g/mol. The van der Waals surface area contributed by atoms with E-state index in [1.807, 2.05) is 43.2 Å². The van der Waals surface area contributed by atoms with Gasteiger partial charge in [-0.3, -0.25) is 0 Å². The lowest BCUT2D eigenvalue weighted by atomic mass is 10.1. The van der Waals surface area contributed by atoms with Crippen molar-refractivity contribution in [1.29, 1.82) is 0 Å². The number of rotatable bonds is 0. The van der Waals surface area contributed by atoms with Gasteiger partial charge in [0.2, 0.25) is 0 Å². The van der Waals surface area contributed by atoms with E-state index in [0.717, 1.165) is 0 Å². The predicted molar refractivity (Wildman–Crippen MR) is 86.6 cm³/mol. The van der Waals surface area contributed by atoms with Crippen LogP contribution in [-0.2, 0) is 0 Å². The Morgan fingerprint density at radius 2 is 0.944 bits per heavy atom. The minimum atomic E-state index is 1.39. The second-order valence-corrected chi connectivity index (χ2v) is 8.35. The normalized spacial score (nSPS) is 20.9. The minimum Gasteiger partial charge on any atom is -0.0616 e. The Labute approximate surface area is 122 Å². The van der Waals surface area contributed by atoms with Gasteiger partial charge in [0.1, 0.15) is 0 Å². The fourth-order valence-corrected chi connectivity index (χ4v) is 7.72. The summed E-state index contributed by atoms with van der Waals surface area (Å²) >= 11 is 0. The van der Waals surface area contributed by atoms with Crippen molar-refractivity contribution in [3.8, 4) is 0 Å². The van der Waals surface area contributed by atoms with Crippen molar-refractivity contribution >= 4 is 53.0 Å². The highest BCUT2D eigenvalue weighted by atomic mass is 33.1. The summed E-state index contributed by atoms with van der Waals surface area (Å²) in [7, 11) is 7.54. The molecule has 0 unspecified atom stereocenters. The summed E-state index contributed by atoms with van der Waals surface area (Å²) in [4.78, 5) is 5.64. The summed E-state index contributed by atoms with van der Waals surface area (Å²) in [6, 6.07) is 17.4. The third-order valence-electron chi connectivity index (χ3n) is 2.90. The van der Waals surface area contributed by atoms with Crippen LogP contribution in [0.2, 0.25) is 0 Å². The summed E-state index contributed by atoms with van der Waals surface area (Å²) < 4.78 is 0. The van der Waals surface area contributed by atoms with Gasteiger partial charge < -0.3 is 0 Å². The van der Waals surface area contributed by atoms with Crippen LogP contribution in [0.25, 0.3) is 9.81 Å². The molecule has 88 valence electrons. The Balaban J connectivity index is 1.93. The molecule has 0 fully saturated rings. The monoisotopic (exact) mass is 304 g/mol. The molecule has 2 aromatic rings. The summed E-state index contributed by atoms with van der Waals surface area (Å²) in [5.74, 6) is 0. The molecule has 0 radical (unpaired) electrons. The fraction of sp³-hybridized carbons (Fsp3) is 0. The average Bonchev–Trinajstić information content (AvgIpc) is 3.01. The highest BCUT2D eigenvalue weighted by molar-refractivity contribution is 8.83. The molecule has 0 amide bonds. The molecular formula is C14H8S4. The van der Waals surface area contributed by atoms with Crippen molar-refractivity contribution in [2.45, 2.75) is 9.79 Å². The maximum atomic E-state index is 2.23. The standard InChI is InChI=1S/C14H8S4/c1-3-7-11-9(5-1)13(17-15-11)14-10-6-2-4-8-12(10)16-18-14/h1-8H. The molecule has 0 bridgehead atoms. The number of benzene rings is 2. The molecule has 0 spiro atoms. The maximum absolute atomic E-state index is 2.23. The van der Waals surface area contributed by atoms with E-state index in [1.165, 1.54) is 30.7 Å². The molecule has 0 saturated heterocycles. The van der Waals surface area contributed by atoms with Crippen molar-refractivity contribution in [3.05, 3.63) is 59.7 Å². The van der Waals surface area contributed by atoms with E-state index < -0.39 is 0 Å². The van der Waals surface area contributed by atoms with Gasteiger partial charge in [-0.15, -0.1) is 0 Å². The quantitative estimate of drug-likeness (QED) is 0.545. The highest BCUT2D eigenvalue weighted by Crippen LogP contribution is 2.62. The topological polar surface area (TPSA) is 0 Å². The summed E-state index contributed by atoms with van der Waals surface area (Å²) in [6.45, 7) is 0. The van der Waals surface area contributed by atoms with E-state index in [4.69, 9.17) is 0 Å². The van der Waals surface area contributed by atoms with Crippen molar-refractivity contribution in [2.75, 3.05) is 0 Å². The molecule has 0 saturated carbocycles. The summed E-state index contributed by atoms with van der Waals surface area (Å²) in [5.41, 5.74) is 2.79. The Kier molecular flexibility index (Phi) is 2.92. The largest absolute Gasteiger partial charge is 0.0616 e. The molecule has 4 heteroatoms. The van der Waals surface area contributed by atoms with Crippen LogP contribution < -0.4 is 0 Å². The number of hydrogen-bond donors (Lipinski definition) is 0. The molecule has 4 rings (SSSR count). The molecular weight excluding hydrogens is 296 g/mol. The van der Waals surface area contributed by atoms with Gasteiger partial charge in [-0.1, -0.05) is 79.6 Å². The lowest BCUT2D eigenvalue weighted by Crippen LogP contribution is -1.81. The van der Waals surface area contributed by atoms with Crippen LogP contribution in [0.5, 0.6) is 0 Å².